The van der Waals surface area contributed by atoms with Crippen LogP contribution in [-0.2, 0) is 14.6 Å². The lowest BCUT2D eigenvalue weighted by molar-refractivity contribution is 0.0791. The molecular formula is C10H21NO3S. The van der Waals surface area contributed by atoms with Crippen molar-refractivity contribution < 1.29 is 13.2 Å². The van der Waals surface area contributed by atoms with Crippen molar-refractivity contribution in [2.24, 2.45) is 0 Å². The van der Waals surface area contributed by atoms with E-state index in [-0.39, 0.29) is 6.10 Å². The van der Waals surface area contributed by atoms with Crippen LogP contribution in [-0.4, -0.2) is 45.2 Å². The summed E-state index contributed by atoms with van der Waals surface area (Å²) in [6.45, 7) is 5.52. The van der Waals surface area contributed by atoms with Crippen molar-refractivity contribution >= 4 is 9.84 Å². The van der Waals surface area contributed by atoms with Gasteiger partial charge in [-0.15, -0.1) is 0 Å². The molecule has 0 aromatic heterocycles. The van der Waals surface area contributed by atoms with Crippen LogP contribution < -0.4 is 5.32 Å². The monoisotopic (exact) mass is 235 g/mol. The molecule has 0 unspecified atom stereocenters. The highest BCUT2D eigenvalue weighted by molar-refractivity contribution is 7.91. The standard InChI is InChI=1S/C10H21NO3S/c1-9(2)14-6-5-11-10-3-7-15(12,13)8-4-10/h9-11H,3-8H2,1-2H3. The quantitative estimate of drug-likeness (QED) is 0.708. The highest BCUT2D eigenvalue weighted by Gasteiger charge is 2.22. The Morgan fingerprint density at radius 2 is 1.93 bits per heavy atom. The van der Waals surface area contributed by atoms with Gasteiger partial charge in [0.1, 0.15) is 9.84 Å². The minimum Gasteiger partial charge on any atom is -0.377 e. The Morgan fingerprint density at radius 3 is 2.47 bits per heavy atom. The normalized spacial score (nSPS) is 22.1. The molecular weight excluding hydrogens is 214 g/mol. The number of nitrogens with one attached hydrogen (secondary N) is 1. The molecule has 0 bridgehead atoms. The summed E-state index contributed by atoms with van der Waals surface area (Å²) in [5.74, 6) is 0.658. The van der Waals surface area contributed by atoms with Gasteiger partial charge in [0.15, 0.2) is 0 Å². The largest absolute Gasteiger partial charge is 0.377 e. The van der Waals surface area contributed by atoms with Gasteiger partial charge in [-0.2, -0.15) is 0 Å². The molecule has 1 rings (SSSR count). The SMILES string of the molecule is CC(C)OCCNC1CCS(=O)(=O)CC1. The first-order valence-electron chi connectivity index (χ1n) is 5.55. The van der Waals surface area contributed by atoms with Crippen LogP contribution in [0.15, 0.2) is 0 Å². The van der Waals surface area contributed by atoms with Crippen LogP contribution in [0.3, 0.4) is 0 Å². The van der Waals surface area contributed by atoms with E-state index in [0.29, 0.717) is 24.2 Å². The molecule has 1 fully saturated rings. The van der Waals surface area contributed by atoms with Gasteiger partial charge in [-0.25, -0.2) is 8.42 Å². The first-order chi connectivity index (χ1) is 6.99. The molecule has 90 valence electrons. The van der Waals surface area contributed by atoms with Crippen LogP contribution in [0.5, 0.6) is 0 Å². The van der Waals surface area contributed by atoms with Gasteiger partial charge in [0.05, 0.1) is 24.2 Å². The Kier molecular flexibility index (Phi) is 5.02. The molecule has 5 heteroatoms. The fraction of sp³-hybridized carbons (Fsp3) is 1.00. The third kappa shape index (κ3) is 5.49. The van der Waals surface area contributed by atoms with Crippen LogP contribution in [0, 0.1) is 0 Å². The van der Waals surface area contributed by atoms with Gasteiger partial charge in [-0.05, 0) is 26.7 Å². The van der Waals surface area contributed by atoms with Gasteiger partial charge in [-0.1, -0.05) is 0 Å². The number of ether oxygens (including phenoxy) is 1. The zero-order valence-corrected chi connectivity index (χ0v) is 10.3. The predicted molar refractivity (Wildman–Crippen MR) is 60.8 cm³/mol. The second kappa shape index (κ2) is 5.82. The summed E-state index contributed by atoms with van der Waals surface area (Å²) in [6.07, 6.45) is 1.74. The van der Waals surface area contributed by atoms with E-state index in [2.05, 4.69) is 5.32 Å². The van der Waals surface area contributed by atoms with Gasteiger partial charge in [0.2, 0.25) is 0 Å². The minimum atomic E-state index is -2.73. The van der Waals surface area contributed by atoms with Gasteiger partial charge in [-0.3, -0.25) is 0 Å². The van der Waals surface area contributed by atoms with Crippen molar-refractivity contribution in [3.8, 4) is 0 Å². The zero-order chi connectivity index (χ0) is 11.3. The van der Waals surface area contributed by atoms with Crippen molar-refractivity contribution in [3.05, 3.63) is 0 Å². The summed E-state index contributed by atoms with van der Waals surface area (Å²) in [4.78, 5) is 0. The van der Waals surface area contributed by atoms with Crippen molar-refractivity contribution in [1.82, 2.24) is 5.32 Å². The molecule has 0 aliphatic carbocycles. The summed E-state index contributed by atoms with van der Waals surface area (Å²) in [7, 11) is -2.73. The molecule has 0 aromatic carbocycles. The van der Waals surface area contributed by atoms with E-state index < -0.39 is 9.84 Å². The molecule has 0 radical (unpaired) electrons. The van der Waals surface area contributed by atoms with Gasteiger partial charge in [0, 0.05) is 12.6 Å². The minimum absolute atomic E-state index is 0.263. The topological polar surface area (TPSA) is 55.4 Å². The van der Waals surface area contributed by atoms with Crippen molar-refractivity contribution in [2.75, 3.05) is 24.7 Å². The third-order valence-corrected chi connectivity index (χ3v) is 4.26. The van der Waals surface area contributed by atoms with E-state index in [1.54, 1.807) is 0 Å². The van der Waals surface area contributed by atoms with Crippen LogP contribution >= 0.6 is 0 Å². The Hall–Kier alpha value is -0.130. The highest BCUT2D eigenvalue weighted by Crippen LogP contribution is 2.11. The molecule has 0 atom stereocenters. The first kappa shape index (κ1) is 12.9. The van der Waals surface area contributed by atoms with Crippen LogP contribution in [0.4, 0.5) is 0 Å². The third-order valence-electron chi connectivity index (χ3n) is 2.54. The fourth-order valence-corrected chi connectivity index (χ4v) is 3.14. The molecule has 0 spiro atoms. The maximum absolute atomic E-state index is 11.2. The molecule has 1 aliphatic heterocycles. The molecule has 1 heterocycles. The lowest BCUT2D eigenvalue weighted by Gasteiger charge is -2.23. The van der Waals surface area contributed by atoms with E-state index in [9.17, 15) is 8.42 Å². The lowest BCUT2D eigenvalue weighted by Crippen LogP contribution is -2.39. The van der Waals surface area contributed by atoms with E-state index in [4.69, 9.17) is 4.74 Å². The molecule has 1 saturated heterocycles. The Balaban J connectivity index is 2.09. The summed E-state index contributed by atoms with van der Waals surface area (Å²) in [6, 6.07) is 0.351. The zero-order valence-electron chi connectivity index (χ0n) is 9.53. The van der Waals surface area contributed by atoms with Crippen molar-refractivity contribution in [1.29, 1.82) is 0 Å². The van der Waals surface area contributed by atoms with E-state index in [1.165, 1.54) is 0 Å². The summed E-state index contributed by atoms with van der Waals surface area (Å²) in [5.41, 5.74) is 0. The highest BCUT2D eigenvalue weighted by atomic mass is 32.2. The number of hydrogen-bond acceptors (Lipinski definition) is 4. The summed E-state index contributed by atoms with van der Waals surface area (Å²) >= 11 is 0. The summed E-state index contributed by atoms with van der Waals surface area (Å²) < 4.78 is 27.7. The lowest BCUT2D eigenvalue weighted by atomic mass is 10.1. The smallest absolute Gasteiger partial charge is 0.150 e. The average Bonchev–Trinajstić information content (AvgIpc) is 2.14. The van der Waals surface area contributed by atoms with Crippen LogP contribution in [0.25, 0.3) is 0 Å². The maximum atomic E-state index is 11.2. The second-order valence-corrected chi connectivity index (χ2v) is 6.60. The van der Waals surface area contributed by atoms with Crippen molar-refractivity contribution in [2.45, 2.75) is 38.8 Å². The second-order valence-electron chi connectivity index (χ2n) is 4.30. The average molecular weight is 235 g/mol. The first-order valence-corrected chi connectivity index (χ1v) is 7.37. The molecule has 1 N–H and O–H groups in total. The van der Waals surface area contributed by atoms with E-state index >= 15 is 0 Å². The van der Waals surface area contributed by atoms with Gasteiger partial charge >= 0.3 is 0 Å². The van der Waals surface area contributed by atoms with Crippen LogP contribution in [0.2, 0.25) is 0 Å². The van der Waals surface area contributed by atoms with Gasteiger partial charge in [0.25, 0.3) is 0 Å². The maximum Gasteiger partial charge on any atom is 0.150 e. The van der Waals surface area contributed by atoms with E-state index in [0.717, 1.165) is 19.4 Å². The van der Waals surface area contributed by atoms with E-state index in [1.807, 2.05) is 13.8 Å². The van der Waals surface area contributed by atoms with Crippen LogP contribution in [0.1, 0.15) is 26.7 Å². The Bertz CT molecular complexity index is 260. The molecule has 1 aliphatic rings. The predicted octanol–water partition coefficient (Wildman–Crippen LogP) is 0.578. The van der Waals surface area contributed by atoms with Crippen molar-refractivity contribution in [3.63, 3.8) is 0 Å². The number of rotatable bonds is 5. The number of hydrogen-bond donors (Lipinski definition) is 1. The summed E-state index contributed by atoms with van der Waals surface area (Å²) in [5, 5.41) is 3.33. The van der Waals surface area contributed by atoms with Gasteiger partial charge < -0.3 is 10.1 Å². The molecule has 0 amide bonds. The fourth-order valence-electron chi connectivity index (χ4n) is 1.65. The molecule has 15 heavy (non-hydrogen) atoms. The Labute approximate surface area is 92.3 Å². The molecule has 0 saturated carbocycles. The Morgan fingerprint density at radius 1 is 1.33 bits per heavy atom. The molecule has 4 nitrogen and oxygen atoms in total. The number of sulfone groups is 1. The molecule has 0 aromatic rings.